The molecule has 0 aliphatic rings. The van der Waals surface area contributed by atoms with Crippen LogP contribution in [-0.2, 0) is 0 Å². The van der Waals surface area contributed by atoms with Crippen molar-refractivity contribution in [2.75, 3.05) is 0 Å². The Morgan fingerprint density at radius 2 is 1.94 bits per heavy atom. The number of fused-ring (bicyclic) bond motifs is 1. The summed E-state index contributed by atoms with van der Waals surface area (Å²) in [5.41, 5.74) is 1.42. The van der Waals surface area contributed by atoms with Gasteiger partial charge in [0.05, 0.1) is 5.69 Å². The predicted octanol–water partition coefficient (Wildman–Crippen LogP) is 2.65. The highest BCUT2D eigenvalue weighted by Gasteiger charge is 2.07. The van der Waals surface area contributed by atoms with Crippen LogP contribution in [0.3, 0.4) is 0 Å². The molecule has 0 fully saturated rings. The van der Waals surface area contributed by atoms with E-state index in [-0.39, 0.29) is 5.69 Å². The van der Waals surface area contributed by atoms with E-state index in [9.17, 15) is 4.79 Å². The number of hydrogen-bond acceptors (Lipinski definition) is 3. The number of nitrogens with one attached hydrogen (secondary N) is 1. The number of thiophene rings is 1. The van der Waals surface area contributed by atoms with Gasteiger partial charge in [0.15, 0.2) is 0 Å². The third kappa shape index (κ3) is 1.44. The Kier molecular flexibility index (Phi) is 2.08. The van der Waals surface area contributed by atoms with Crippen molar-refractivity contribution in [2.24, 2.45) is 0 Å². The molecule has 78 valence electrons. The molecule has 0 saturated carbocycles. The second-order valence-electron chi connectivity index (χ2n) is 3.42. The van der Waals surface area contributed by atoms with E-state index in [0.717, 1.165) is 21.5 Å². The number of nitrogens with zero attached hydrogens (tertiary/aromatic N) is 1. The molecule has 1 aromatic carbocycles. The minimum absolute atomic E-state index is 0.297. The molecule has 1 N–H and O–H groups in total. The molecule has 3 nitrogen and oxygen atoms in total. The second-order valence-corrected chi connectivity index (χ2v) is 4.34. The van der Waals surface area contributed by atoms with Crippen LogP contribution in [0.15, 0.2) is 46.6 Å². The van der Waals surface area contributed by atoms with E-state index >= 15 is 0 Å². The Morgan fingerprint density at radius 1 is 1.12 bits per heavy atom. The zero-order chi connectivity index (χ0) is 11.0. The molecule has 0 amide bonds. The van der Waals surface area contributed by atoms with Crippen LogP contribution in [0, 0.1) is 0 Å². The smallest absolute Gasteiger partial charge is 0.297 e. The Bertz CT molecular complexity index is 685. The molecule has 16 heavy (non-hydrogen) atoms. The normalized spacial score (nSPS) is 10.8. The van der Waals surface area contributed by atoms with Gasteiger partial charge in [-0.05, 0) is 11.4 Å². The molecule has 0 atom stereocenters. The van der Waals surface area contributed by atoms with Crippen LogP contribution in [0.25, 0.3) is 21.5 Å². The number of aromatic amines is 1. The largest absolute Gasteiger partial charge is 0.346 e. The van der Waals surface area contributed by atoms with Crippen LogP contribution in [0.5, 0.6) is 0 Å². The minimum Gasteiger partial charge on any atom is -0.297 e. The van der Waals surface area contributed by atoms with Gasteiger partial charge < -0.3 is 0 Å². The molecule has 0 radical (unpaired) electrons. The zero-order valence-electron chi connectivity index (χ0n) is 8.31. The van der Waals surface area contributed by atoms with Crippen LogP contribution in [-0.4, -0.2) is 9.97 Å². The first kappa shape index (κ1) is 9.30. The first-order valence-corrected chi connectivity index (χ1v) is 5.75. The van der Waals surface area contributed by atoms with Crippen molar-refractivity contribution in [3.63, 3.8) is 0 Å². The highest BCUT2D eigenvalue weighted by atomic mass is 32.1. The fourth-order valence-corrected chi connectivity index (χ4v) is 2.47. The molecule has 3 aromatic rings. The number of hydrogen-bond donors (Lipinski definition) is 1. The van der Waals surface area contributed by atoms with Crippen molar-refractivity contribution in [3.8, 4) is 11.3 Å². The first-order chi connectivity index (χ1) is 7.84. The van der Waals surface area contributed by atoms with Gasteiger partial charge in [0.2, 0.25) is 0 Å². The summed E-state index contributed by atoms with van der Waals surface area (Å²) in [5, 5.41) is 2.95. The van der Waals surface area contributed by atoms with Crippen LogP contribution in [0.1, 0.15) is 0 Å². The number of rotatable bonds is 1. The molecule has 0 aliphatic carbocycles. The summed E-state index contributed by atoms with van der Waals surface area (Å²) in [5.74, 6) is 0. The summed E-state index contributed by atoms with van der Waals surface area (Å²) < 4.78 is 0. The van der Waals surface area contributed by atoms with Crippen molar-refractivity contribution in [1.29, 1.82) is 0 Å². The lowest BCUT2D eigenvalue weighted by atomic mass is 10.1. The molecule has 4 heteroatoms. The van der Waals surface area contributed by atoms with E-state index in [0.29, 0.717) is 0 Å². The third-order valence-corrected chi connectivity index (χ3v) is 3.23. The molecule has 2 aromatic heterocycles. The van der Waals surface area contributed by atoms with Gasteiger partial charge >= 0.3 is 5.69 Å². The van der Waals surface area contributed by atoms with Gasteiger partial charge in [-0.1, -0.05) is 30.3 Å². The van der Waals surface area contributed by atoms with E-state index < -0.39 is 0 Å². The van der Waals surface area contributed by atoms with Crippen molar-refractivity contribution < 1.29 is 0 Å². The molecule has 0 spiro atoms. The monoisotopic (exact) mass is 228 g/mol. The maximum absolute atomic E-state index is 11.4. The van der Waals surface area contributed by atoms with Crippen molar-refractivity contribution in [3.05, 3.63) is 52.3 Å². The van der Waals surface area contributed by atoms with Crippen LogP contribution >= 0.6 is 11.3 Å². The van der Waals surface area contributed by atoms with Gasteiger partial charge in [0.1, 0.15) is 4.83 Å². The number of benzene rings is 1. The van der Waals surface area contributed by atoms with E-state index in [2.05, 4.69) is 9.97 Å². The highest BCUT2D eigenvalue weighted by Crippen LogP contribution is 2.26. The minimum atomic E-state index is -0.297. The Hall–Kier alpha value is -1.94. The topological polar surface area (TPSA) is 45.8 Å². The van der Waals surface area contributed by atoms with Crippen molar-refractivity contribution in [1.82, 2.24) is 9.97 Å². The fourth-order valence-electron chi connectivity index (χ4n) is 1.70. The third-order valence-electron chi connectivity index (χ3n) is 2.40. The molecule has 0 aliphatic heterocycles. The predicted molar refractivity (Wildman–Crippen MR) is 65.7 cm³/mol. The van der Waals surface area contributed by atoms with Gasteiger partial charge in [-0.3, -0.25) is 4.98 Å². The Morgan fingerprint density at radius 3 is 2.75 bits per heavy atom. The highest BCUT2D eigenvalue weighted by molar-refractivity contribution is 7.16. The van der Waals surface area contributed by atoms with Gasteiger partial charge in [-0.25, -0.2) is 4.79 Å². The molecule has 2 heterocycles. The van der Waals surface area contributed by atoms with Gasteiger partial charge in [0, 0.05) is 10.9 Å². The molecular weight excluding hydrogens is 220 g/mol. The van der Waals surface area contributed by atoms with Crippen LogP contribution in [0.2, 0.25) is 0 Å². The van der Waals surface area contributed by atoms with Crippen molar-refractivity contribution in [2.45, 2.75) is 0 Å². The van der Waals surface area contributed by atoms with Crippen molar-refractivity contribution >= 4 is 21.6 Å². The van der Waals surface area contributed by atoms with Crippen LogP contribution < -0.4 is 5.69 Å². The number of H-pyrrole nitrogens is 1. The van der Waals surface area contributed by atoms with Gasteiger partial charge in [0.25, 0.3) is 0 Å². The summed E-state index contributed by atoms with van der Waals surface area (Å²) in [4.78, 5) is 19.1. The average Bonchev–Trinajstić information content (AvgIpc) is 2.77. The molecule has 0 saturated heterocycles. The van der Waals surface area contributed by atoms with E-state index in [1.165, 1.54) is 11.3 Å². The first-order valence-electron chi connectivity index (χ1n) is 4.87. The summed E-state index contributed by atoms with van der Waals surface area (Å²) in [6.07, 6.45) is 0. The molecule has 3 rings (SSSR count). The van der Waals surface area contributed by atoms with Gasteiger partial charge in [-0.2, -0.15) is 4.98 Å². The SMILES string of the molecule is O=c1nc(-c2ccccc2)c2ccsc2[nH]1. The Balaban J connectivity index is 2.39. The molecule has 0 bridgehead atoms. The van der Waals surface area contributed by atoms with E-state index in [4.69, 9.17) is 0 Å². The fraction of sp³-hybridized carbons (Fsp3) is 0. The van der Waals surface area contributed by atoms with Crippen LogP contribution in [0.4, 0.5) is 0 Å². The lowest BCUT2D eigenvalue weighted by molar-refractivity contribution is 1.13. The standard InChI is InChI=1S/C12H8N2OS/c15-12-13-10(8-4-2-1-3-5-8)9-6-7-16-11(9)14-12/h1-7H,(H,13,14,15). The quantitative estimate of drug-likeness (QED) is 0.696. The Labute approximate surface area is 95.4 Å². The average molecular weight is 228 g/mol. The lowest BCUT2D eigenvalue weighted by Crippen LogP contribution is -2.10. The molecular formula is C12H8N2OS. The summed E-state index contributed by atoms with van der Waals surface area (Å²) in [6.45, 7) is 0. The van der Waals surface area contributed by atoms with Gasteiger partial charge in [-0.15, -0.1) is 11.3 Å². The number of aromatic nitrogens is 2. The van der Waals surface area contributed by atoms with E-state index in [1.54, 1.807) is 0 Å². The molecule has 0 unspecified atom stereocenters. The maximum atomic E-state index is 11.4. The second kappa shape index (κ2) is 3.57. The summed E-state index contributed by atoms with van der Waals surface area (Å²) in [7, 11) is 0. The maximum Gasteiger partial charge on any atom is 0.346 e. The lowest BCUT2D eigenvalue weighted by Gasteiger charge is -2.00. The zero-order valence-corrected chi connectivity index (χ0v) is 9.12. The van der Waals surface area contributed by atoms with E-state index in [1.807, 2.05) is 41.8 Å². The summed E-state index contributed by atoms with van der Waals surface area (Å²) in [6, 6.07) is 11.7. The summed E-state index contributed by atoms with van der Waals surface area (Å²) >= 11 is 1.51.